The van der Waals surface area contributed by atoms with Gasteiger partial charge in [0.25, 0.3) is 0 Å². The molecule has 0 aliphatic heterocycles. The van der Waals surface area contributed by atoms with E-state index in [0.717, 1.165) is 17.1 Å². The smallest absolute Gasteiger partial charge is 0.383 e. The van der Waals surface area contributed by atoms with Gasteiger partial charge in [0.2, 0.25) is 5.95 Å². The number of hydrogen-bond acceptors (Lipinski definition) is 7. The maximum absolute atomic E-state index is 13.9. The van der Waals surface area contributed by atoms with E-state index in [1.54, 1.807) is 19.1 Å². The van der Waals surface area contributed by atoms with Crippen LogP contribution in [0, 0.1) is 35.5 Å². The molecule has 2 N–H and O–H groups in total. The third kappa shape index (κ3) is 4.24. The number of nitrogens with zero attached hydrogens (tertiary/aromatic N) is 6. The lowest BCUT2D eigenvalue weighted by atomic mass is 9.44. The van der Waals surface area contributed by atoms with E-state index >= 15 is 0 Å². The fraction of sp³-hybridized carbons (Fsp3) is 0.414. The molecule has 216 valence electrons. The first-order chi connectivity index (χ1) is 20.0. The Morgan fingerprint density at radius 3 is 2.60 bits per heavy atom. The molecule has 1 atom stereocenters. The van der Waals surface area contributed by atoms with Crippen molar-refractivity contribution in [2.24, 2.45) is 11.3 Å². The molecule has 0 amide bonds. The minimum Gasteiger partial charge on any atom is -0.383 e. The van der Waals surface area contributed by atoms with Crippen molar-refractivity contribution < 1.29 is 17.6 Å². The maximum Gasteiger partial charge on any atom is 0.413 e. The molecular weight excluding hydrogens is 572 g/mol. The number of anilines is 2. The number of benzene rings is 1. The summed E-state index contributed by atoms with van der Waals surface area (Å²) in [5, 5.41) is 25.5. The van der Waals surface area contributed by atoms with Crippen LogP contribution in [0.1, 0.15) is 60.7 Å². The highest BCUT2D eigenvalue weighted by atomic mass is 35.5. The van der Waals surface area contributed by atoms with Gasteiger partial charge in [-0.2, -0.15) is 22.8 Å². The van der Waals surface area contributed by atoms with Crippen LogP contribution < -0.4 is 10.6 Å². The molecule has 4 saturated carbocycles. The molecule has 3 aromatic heterocycles. The number of nitriles is 1. The molecule has 4 fully saturated rings. The van der Waals surface area contributed by atoms with Gasteiger partial charge in [-0.05, 0) is 68.6 Å². The molecule has 1 unspecified atom stereocenters. The third-order valence-corrected chi connectivity index (χ3v) is 9.35. The monoisotopic (exact) mass is 596 g/mol. The summed E-state index contributed by atoms with van der Waals surface area (Å²) in [6.45, 7) is 2.35. The SMILES string of the molecule is Cc1nc(F)ccc1C(Nc1cc(Cl)c2ncc(C#N)c(NCC34CC(C3)C4)c2c1)c1cn(C2(C(F)(F)F)CC2)nn1. The summed E-state index contributed by atoms with van der Waals surface area (Å²) in [6.07, 6.45) is 1.67. The van der Waals surface area contributed by atoms with Gasteiger partial charge in [0.1, 0.15) is 11.8 Å². The molecule has 42 heavy (non-hydrogen) atoms. The molecular formula is C29H25ClF4N8. The Labute approximate surface area is 243 Å². The molecule has 0 spiro atoms. The van der Waals surface area contributed by atoms with E-state index in [-0.39, 0.29) is 24.0 Å². The number of halogens is 5. The number of hydrogen-bond donors (Lipinski definition) is 2. The van der Waals surface area contributed by atoms with Gasteiger partial charge < -0.3 is 10.6 Å². The Balaban J connectivity index is 1.29. The van der Waals surface area contributed by atoms with Crippen molar-refractivity contribution in [3.8, 4) is 6.07 Å². The Kier molecular flexibility index (Phi) is 5.93. The van der Waals surface area contributed by atoms with Crippen molar-refractivity contribution in [3.05, 3.63) is 70.1 Å². The van der Waals surface area contributed by atoms with Gasteiger partial charge in [0.15, 0.2) is 5.54 Å². The normalized spacial score (nSPS) is 22.5. The minimum absolute atomic E-state index is 0.0826. The summed E-state index contributed by atoms with van der Waals surface area (Å²) >= 11 is 6.68. The molecule has 4 aliphatic rings. The van der Waals surface area contributed by atoms with Crippen molar-refractivity contribution in [2.45, 2.75) is 56.8 Å². The lowest BCUT2D eigenvalue weighted by molar-refractivity contribution is -0.182. The van der Waals surface area contributed by atoms with E-state index in [4.69, 9.17) is 11.6 Å². The Morgan fingerprint density at radius 1 is 1.21 bits per heavy atom. The Bertz CT molecular complexity index is 1760. The summed E-state index contributed by atoms with van der Waals surface area (Å²) in [5.41, 5.74) is 1.23. The first kappa shape index (κ1) is 26.9. The quantitative estimate of drug-likeness (QED) is 0.173. The van der Waals surface area contributed by atoms with Crippen LogP contribution in [0.2, 0.25) is 5.02 Å². The van der Waals surface area contributed by atoms with Gasteiger partial charge in [-0.3, -0.25) is 4.98 Å². The van der Waals surface area contributed by atoms with E-state index < -0.39 is 23.7 Å². The molecule has 0 saturated heterocycles. The summed E-state index contributed by atoms with van der Waals surface area (Å²) in [5.74, 6) is 0.128. The van der Waals surface area contributed by atoms with E-state index in [1.165, 1.54) is 43.8 Å². The highest BCUT2D eigenvalue weighted by Crippen LogP contribution is 2.64. The van der Waals surface area contributed by atoms with Crippen LogP contribution in [-0.2, 0) is 5.54 Å². The van der Waals surface area contributed by atoms with Crippen LogP contribution in [0.3, 0.4) is 0 Å². The van der Waals surface area contributed by atoms with Crippen LogP contribution >= 0.6 is 11.6 Å². The lowest BCUT2D eigenvalue weighted by Gasteiger charge is -2.62. The average Bonchev–Trinajstić information content (AvgIpc) is 3.57. The molecule has 8 nitrogen and oxygen atoms in total. The molecule has 0 radical (unpaired) electrons. The standard InChI is InChI=1S/C29H25ClF4N8/c1-15-19(2-3-23(31)38-15)26(22-13-42(41-40-22)28(4-5-28)29(32,33)34)39-18-6-20-24(37-14-27-8-16(9-27)10-27)17(11-35)12-36-25(20)21(30)7-18/h2-3,6-7,12-13,16,26,39H,4-5,8-10,14H2,1H3,(H,36,37). The van der Waals surface area contributed by atoms with Gasteiger partial charge in [-0.25, -0.2) is 9.67 Å². The second-order valence-electron chi connectivity index (χ2n) is 11.8. The topological polar surface area (TPSA) is 104 Å². The lowest BCUT2D eigenvalue weighted by Crippen LogP contribution is -2.55. The van der Waals surface area contributed by atoms with Crippen LogP contribution in [0.4, 0.5) is 28.9 Å². The number of fused-ring (bicyclic) bond motifs is 1. The Morgan fingerprint density at radius 2 is 1.98 bits per heavy atom. The highest BCUT2D eigenvalue weighted by Gasteiger charge is 2.66. The number of rotatable bonds is 8. The number of alkyl halides is 3. The zero-order chi connectivity index (χ0) is 29.4. The van der Waals surface area contributed by atoms with E-state index in [1.807, 2.05) is 0 Å². The highest BCUT2D eigenvalue weighted by molar-refractivity contribution is 6.35. The summed E-state index contributed by atoms with van der Waals surface area (Å²) < 4.78 is 56.3. The van der Waals surface area contributed by atoms with Gasteiger partial charge >= 0.3 is 6.18 Å². The Hall–Kier alpha value is -3.98. The summed E-state index contributed by atoms with van der Waals surface area (Å²) in [4.78, 5) is 8.33. The van der Waals surface area contributed by atoms with Crippen LogP contribution in [0.25, 0.3) is 10.9 Å². The van der Waals surface area contributed by atoms with Crippen molar-refractivity contribution in [3.63, 3.8) is 0 Å². The zero-order valence-corrected chi connectivity index (χ0v) is 23.2. The number of aryl methyl sites for hydroxylation is 1. The van der Waals surface area contributed by atoms with E-state index in [0.29, 0.717) is 44.1 Å². The molecule has 1 aromatic carbocycles. The second-order valence-corrected chi connectivity index (χ2v) is 12.3. The fourth-order valence-electron chi connectivity index (χ4n) is 6.47. The van der Waals surface area contributed by atoms with E-state index in [9.17, 15) is 22.8 Å². The van der Waals surface area contributed by atoms with Crippen molar-refractivity contribution >= 4 is 33.9 Å². The summed E-state index contributed by atoms with van der Waals surface area (Å²) in [6, 6.07) is 7.51. The van der Waals surface area contributed by atoms with Gasteiger partial charge in [-0.1, -0.05) is 22.9 Å². The predicted octanol–water partition coefficient (Wildman–Crippen LogP) is 6.66. The fourth-order valence-corrected chi connectivity index (χ4v) is 6.74. The largest absolute Gasteiger partial charge is 0.413 e. The maximum atomic E-state index is 13.9. The number of pyridine rings is 2. The number of aromatic nitrogens is 5. The molecule has 4 aromatic rings. The third-order valence-electron chi connectivity index (χ3n) is 9.06. The van der Waals surface area contributed by atoms with Crippen molar-refractivity contribution in [2.75, 3.05) is 17.2 Å². The first-order valence-electron chi connectivity index (χ1n) is 13.7. The first-order valence-corrected chi connectivity index (χ1v) is 14.0. The number of nitrogens with one attached hydrogen (secondary N) is 2. The predicted molar refractivity (Wildman–Crippen MR) is 147 cm³/mol. The van der Waals surface area contributed by atoms with Crippen LogP contribution in [0.5, 0.6) is 0 Å². The molecule has 3 heterocycles. The van der Waals surface area contributed by atoms with Crippen LogP contribution in [0.15, 0.2) is 36.7 Å². The second kappa shape index (κ2) is 9.26. The van der Waals surface area contributed by atoms with Crippen molar-refractivity contribution in [1.29, 1.82) is 5.26 Å². The van der Waals surface area contributed by atoms with Gasteiger partial charge in [0.05, 0.1) is 34.0 Å². The van der Waals surface area contributed by atoms with E-state index in [2.05, 4.69) is 37.0 Å². The molecule has 13 heteroatoms. The van der Waals surface area contributed by atoms with Gasteiger partial charge in [0, 0.05) is 35.1 Å². The molecule has 8 rings (SSSR count). The summed E-state index contributed by atoms with van der Waals surface area (Å²) in [7, 11) is 0. The minimum atomic E-state index is -4.48. The molecule has 4 aliphatic carbocycles. The van der Waals surface area contributed by atoms with Crippen molar-refractivity contribution in [1.82, 2.24) is 25.0 Å². The zero-order valence-electron chi connectivity index (χ0n) is 22.4. The van der Waals surface area contributed by atoms with Gasteiger partial charge in [-0.15, -0.1) is 5.10 Å². The average molecular weight is 597 g/mol. The van der Waals surface area contributed by atoms with Crippen LogP contribution in [-0.4, -0.2) is 37.7 Å². The molecule has 2 bridgehead atoms.